The van der Waals surface area contributed by atoms with Crippen LogP contribution in [0.4, 0.5) is 18.1 Å². The molecule has 23 heavy (non-hydrogen) atoms. The molecule has 0 aromatic rings. The molecule has 2 N–H and O–H groups in total. The Hall–Kier alpha value is -1.86. The third-order valence-corrected chi connectivity index (χ3v) is 0.922. The van der Waals surface area contributed by atoms with Crippen molar-refractivity contribution in [1.29, 1.82) is 0 Å². The Bertz CT molecular complexity index is 297. The Morgan fingerprint density at radius 3 is 0.957 bits per heavy atom. The Morgan fingerprint density at radius 2 is 0.870 bits per heavy atom. The van der Waals surface area contributed by atoms with Crippen molar-refractivity contribution in [1.82, 2.24) is 0 Å². The van der Waals surface area contributed by atoms with Crippen molar-refractivity contribution in [2.24, 2.45) is 0 Å². The molecule has 128 valence electrons. The molecule has 0 fully saturated rings. The van der Waals surface area contributed by atoms with Gasteiger partial charge in [-0.05, 0) is 0 Å². The number of carbonyl (C=O) groups excluding carboxylic acids is 4. The largest absolute Gasteiger partial charge is 1.00 e. The molecule has 0 saturated carbocycles. The second-order valence-electron chi connectivity index (χ2n) is 2.48. The molecule has 0 radical (unpaired) electrons. The predicted molar refractivity (Wildman–Crippen MR) is 48.2 cm³/mol. The summed E-state index contributed by atoms with van der Waals surface area (Å²) in [5.74, 6) is -5.95. The first kappa shape index (κ1) is 29.2. The van der Waals surface area contributed by atoms with E-state index in [1.807, 2.05) is 0 Å². The van der Waals surface area contributed by atoms with Crippen molar-refractivity contribution in [3.63, 3.8) is 0 Å². The first-order valence-electron chi connectivity index (χ1n) is 4.42. The third kappa shape index (κ3) is 33.1. The van der Waals surface area contributed by atoms with Gasteiger partial charge in [-0.25, -0.2) is 19.2 Å². The Morgan fingerprint density at radius 1 is 0.739 bits per heavy atom. The van der Waals surface area contributed by atoms with E-state index >= 15 is 0 Å². The molecule has 0 aliphatic heterocycles. The Balaban J connectivity index is -0.000000124. The summed E-state index contributed by atoms with van der Waals surface area (Å²) in [5, 5.41) is 22.8. The fourth-order valence-corrected chi connectivity index (χ4v) is 0.345. The van der Waals surface area contributed by atoms with Crippen molar-refractivity contribution in [3.8, 4) is 0 Å². The van der Waals surface area contributed by atoms with Crippen LogP contribution in [0.1, 0.15) is 12.8 Å². The molecule has 0 aromatic carbocycles. The summed E-state index contributed by atoms with van der Waals surface area (Å²) in [7, 11) is -2.42. The van der Waals surface area contributed by atoms with E-state index in [-0.39, 0.29) is 18.9 Å². The summed E-state index contributed by atoms with van der Waals surface area (Å²) < 4.78 is 42.8. The normalized spacial score (nSPS) is 7.61. The van der Waals surface area contributed by atoms with Crippen molar-refractivity contribution in [2.75, 3.05) is 0 Å². The fourth-order valence-electron chi connectivity index (χ4n) is 0.345. The molecule has 0 bridgehead atoms. The van der Waals surface area contributed by atoms with Gasteiger partial charge in [-0.1, -0.05) is 0 Å². The van der Waals surface area contributed by atoms with E-state index < -0.39 is 44.0 Å². The van der Waals surface area contributed by atoms with Crippen LogP contribution in [-0.4, -0.2) is 41.2 Å². The van der Waals surface area contributed by atoms with Gasteiger partial charge in [0.15, 0.2) is 12.8 Å². The van der Waals surface area contributed by atoms with Gasteiger partial charge in [-0.3, -0.25) is 19.8 Å². The number of hydrogen-bond acceptors (Lipinski definition) is 11. The van der Waals surface area contributed by atoms with Gasteiger partial charge in [0.05, 0.1) is 0 Å². The predicted octanol–water partition coefficient (Wildman–Crippen LogP) is -5.22. The van der Waals surface area contributed by atoms with E-state index in [0.717, 1.165) is 0 Å². The number of halogens is 4. The van der Waals surface area contributed by atoms with Gasteiger partial charge in [0.25, 0.3) is 0 Å². The van der Waals surface area contributed by atoms with E-state index in [9.17, 15) is 37.3 Å². The van der Waals surface area contributed by atoms with Crippen LogP contribution in [0.5, 0.6) is 0 Å². The molecule has 0 spiro atoms. The summed E-state index contributed by atoms with van der Waals surface area (Å²) in [5.41, 5.74) is 0. The molecule has 0 aliphatic rings. The van der Waals surface area contributed by atoms with Crippen molar-refractivity contribution >= 4 is 31.2 Å². The average Bonchev–Trinajstić information content (AvgIpc) is 2.46. The second kappa shape index (κ2) is 20.1. The van der Waals surface area contributed by atoms with Crippen LogP contribution in [-0.2, 0) is 38.9 Å². The van der Waals surface area contributed by atoms with Crippen LogP contribution in [0.25, 0.3) is 0 Å². The van der Waals surface area contributed by atoms with Crippen LogP contribution >= 0.6 is 0 Å². The van der Waals surface area contributed by atoms with Crippen LogP contribution in [0.3, 0.4) is 0 Å². The maximum Gasteiger partial charge on any atom is 1.00 e. The van der Waals surface area contributed by atoms with E-state index in [0.29, 0.717) is 0 Å². The average molecular weight is 348 g/mol. The molecule has 0 aromatic heterocycles. The first-order valence-corrected chi connectivity index (χ1v) is 4.42. The Labute approximate surface area is 136 Å². The second-order valence-corrected chi connectivity index (χ2v) is 2.48. The first-order chi connectivity index (χ1) is 10.1. The summed E-state index contributed by atoms with van der Waals surface area (Å²) >= 11 is 0. The molecule has 0 aliphatic carbocycles. The maximum absolute atomic E-state index is 10.7. The van der Waals surface area contributed by atoms with E-state index in [4.69, 9.17) is 15.1 Å². The van der Waals surface area contributed by atoms with Crippen molar-refractivity contribution in [2.45, 2.75) is 12.8 Å². The topological polar surface area (TPSA) is 169 Å². The SMILES string of the molecule is O=C(CC(=O)OF)OF.O=C(CC(=O)OF)OF.[Li+].[O-]B(O)O. The summed E-state index contributed by atoms with van der Waals surface area (Å²) in [6, 6.07) is 0. The van der Waals surface area contributed by atoms with Gasteiger partial charge in [0, 0.05) is 18.1 Å². The van der Waals surface area contributed by atoms with Gasteiger partial charge < -0.3 is 15.1 Å². The smallest absolute Gasteiger partial charge is 0.832 e. The van der Waals surface area contributed by atoms with Gasteiger partial charge in [-0.15, -0.1) is 0 Å². The summed E-state index contributed by atoms with van der Waals surface area (Å²) in [6.45, 7) is 0. The zero-order chi connectivity index (χ0) is 18.1. The monoisotopic (exact) mass is 348 g/mol. The zero-order valence-corrected chi connectivity index (χ0v) is 11.1. The molecule has 0 rings (SSSR count). The van der Waals surface area contributed by atoms with E-state index in [1.165, 1.54) is 0 Å². The van der Waals surface area contributed by atoms with Crippen LogP contribution < -0.4 is 23.9 Å². The van der Waals surface area contributed by atoms with Crippen LogP contribution in [0, 0.1) is 0 Å². The minimum Gasteiger partial charge on any atom is -0.832 e. The third-order valence-electron chi connectivity index (χ3n) is 0.922. The molecule has 11 nitrogen and oxygen atoms in total. The molecular weight excluding hydrogens is 342 g/mol. The van der Waals surface area contributed by atoms with Crippen LogP contribution in [0.15, 0.2) is 0 Å². The van der Waals surface area contributed by atoms with Crippen molar-refractivity contribution < 1.29 is 91.0 Å². The molecule has 0 unspecified atom stereocenters. The molecule has 17 heteroatoms. The van der Waals surface area contributed by atoms with Gasteiger partial charge in [0.1, 0.15) is 0 Å². The minimum absolute atomic E-state index is 0. The van der Waals surface area contributed by atoms with E-state index in [2.05, 4.69) is 19.8 Å². The van der Waals surface area contributed by atoms with Crippen LogP contribution in [0.2, 0.25) is 0 Å². The van der Waals surface area contributed by atoms with E-state index in [1.54, 1.807) is 0 Å². The minimum atomic E-state index is -2.42. The molecular formula is C6H6BF4LiO11. The van der Waals surface area contributed by atoms with Gasteiger partial charge in [-0.2, -0.15) is 0 Å². The van der Waals surface area contributed by atoms with Gasteiger partial charge >= 0.3 is 50.1 Å². The van der Waals surface area contributed by atoms with Gasteiger partial charge in [0.2, 0.25) is 0 Å². The van der Waals surface area contributed by atoms with Crippen molar-refractivity contribution in [3.05, 3.63) is 0 Å². The molecule has 0 atom stereocenters. The fraction of sp³-hybridized carbons (Fsp3) is 0.333. The molecule has 0 amide bonds. The summed E-state index contributed by atoms with van der Waals surface area (Å²) in [4.78, 5) is 48.9. The molecule has 0 saturated heterocycles. The number of rotatable bonds is 4. The standard InChI is InChI=1S/2C3H2F2O4.BH2O3.Li/c2*4-8-2(6)1-3(7)9-5;2-1(3)4;/h2*1H2;2-3H;/q;;-1;+1. The zero-order valence-electron chi connectivity index (χ0n) is 11.1. The Kier molecular flexibility index (Phi) is 25.6. The number of carbonyl (C=O) groups is 4. The summed E-state index contributed by atoms with van der Waals surface area (Å²) in [6.07, 6.45) is -2.13. The number of hydrogen-bond donors (Lipinski definition) is 2. The quantitative estimate of drug-likeness (QED) is 0.283. The molecule has 0 heterocycles. The maximum atomic E-state index is 10.7.